The third kappa shape index (κ3) is 7.49. The fourth-order valence-corrected chi connectivity index (χ4v) is 1.04. The molecule has 0 aliphatic heterocycles. The molecule has 10 heavy (non-hydrogen) atoms. The van der Waals surface area contributed by atoms with Crippen LogP contribution in [0, 0.1) is 0 Å². The van der Waals surface area contributed by atoms with Gasteiger partial charge in [0.1, 0.15) is 17.2 Å². The molecule has 0 bridgehead atoms. The number of quaternary nitrogens is 1. The molecule has 4 heteroatoms. The maximum Gasteiger partial charge on any atom is 0.129 e. The number of likely N-dealkylation sites (N-methyl/N-ethyl adjacent to an activating group) is 1. The number of aliphatic hydroxyl groups excluding tert-OH is 1. The minimum atomic E-state index is -0.185. The van der Waals surface area contributed by atoms with Crippen LogP contribution in [0.5, 0.6) is 0 Å². The molecule has 0 aliphatic rings. The van der Waals surface area contributed by atoms with E-state index < -0.39 is 0 Å². The van der Waals surface area contributed by atoms with E-state index in [0.29, 0.717) is 0 Å². The molecule has 0 fully saturated rings. The van der Waals surface area contributed by atoms with Crippen LogP contribution in [-0.2, 0) is 0 Å². The fraction of sp³-hybridized carbons (Fsp3) is 1.00. The smallest absolute Gasteiger partial charge is 0.129 e. The second kappa shape index (κ2) is 5.96. The summed E-state index contributed by atoms with van der Waals surface area (Å²) in [5.41, 5.74) is 0. The maximum atomic E-state index is 9.00. The zero-order valence-electron chi connectivity index (χ0n) is 6.64. The van der Waals surface area contributed by atoms with Crippen molar-refractivity contribution in [1.29, 1.82) is 0 Å². The molecular weight excluding hydrogens is 356 g/mol. The maximum absolute atomic E-state index is 9.00. The Hall–Kier alpha value is 1.38. The first-order chi connectivity index (χ1) is 3.98. The van der Waals surface area contributed by atoms with Crippen molar-refractivity contribution in [2.24, 2.45) is 0 Å². The molecule has 64 valence electrons. The number of halogens is 2. The second-order valence-electron chi connectivity index (χ2n) is 3.09. The summed E-state index contributed by atoms with van der Waals surface area (Å²) in [5.74, 6) is 0. The lowest BCUT2D eigenvalue weighted by Crippen LogP contribution is -3.00. The van der Waals surface area contributed by atoms with Gasteiger partial charge in [-0.15, -0.1) is 0 Å². The van der Waals surface area contributed by atoms with E-state index >= 15 is 0 Å². The highest BCUT2D eigenvalue weighted by Gasteiger charge is 2.14. The number of alkyl halides is 1. The lowest BCUT2D eigenvalue weighted by Gasteiger charge is -2.28. The van der Waals surface area contributed by atoms with Gasteiger partial charge in [-0.3, -0.25) is 0 Å². The number of hydrogen-bond acceptors (Lipinski definition) is 1. The summed E-state index contributed by atoms with van der Waals surface area (Å²) < 4.78 is 1.93. The molecule has 1 N–H and O–H groups in total. The Labute approximate surface area is 93.7 Å². The van der Waals surface area contributed by atoms with E-state index in [1.165, 1.54) is 0 Å². The Morgan fingerprint density at radius 1 is 1.50 bits per heavy atom. The van der Waals surface area contributed by atoms with E-state index in [-0.39, 0.29) is 30.1 Å². The van der Waals surface area contributed by atoms with Gasteiger partial charge in [0, 0.05) is 0 Å². The molecule has 0 aromatic carbocycles. The normalized spacial score (nSPS) is 14.1. The quantitative estimate of drug-likeness (QED) is 0.260. The molecule has 0 saturated heterocycles. The summed E-state index contributed by atoms with van der Waals surface area (Å²) >= 11 is 2.32. The predicted molar refractivity (Wildman–Crippen MR) is 47.5 cm³/mol. The lowest BCUT2D eigenvalue weighted by atomic mass is 10.3. The summed E-state index contributed by atoms with van der Waals surface area (Å²) in [6.07, 6.45) is -0.185. The SMILES string of the molecule is CC(O)C[N+](C)(C)CI.[I-]. The van der Waals surface area contributed by atoms with Gasteiger partial charge in [0.05, 0.1) is 14.1 Å². The molecular formula is C6H15I2NO. The average Bonchev–Trinajstić information content (AvgIpc) is 1.63. The Morgan fingerprint density at radius 2 is 1.90 bits per heavy atom. The van der Waals surface area contributed by atoms with Crippen LogP contribution in [0.1, 0.15) is 6.92 Å². The molecule has 0 aromatic heterocycles. The zero-order chi connectivity index (χ0) is 7.49. The van der Waals surface area contributed by atoms with Gasteiger partial charge in [-0.1, -0.05) is 0 Å². The summed E-state index contributed by atoms with van der Waals surface area (Å²) in [6.45, 7) is 2.66. The zero-order valence-corrected chi connectivity index (χ0v) is 11.0. The van der Waals surface area contributed by atoms with Gasteiger partial charge >= 0.3 is 0 Å². The topological polar surface area (TPSA) is 20.2 Å². The van der Waals surface area contributed by atoms with Gasteiger partial charge < -0.3 is 33.6 Å². The number of hydrogen-bond donors (Lipinski definition) is 1. The van der Waals surface area contributed by atoms with Crippen LogP contribution in [0.25, 0.3) is 0 Å². The summed E-state index contributed by atoms with van der Waals surface area (Å²) in [4.78, 5) is 0. The van der Waals surface area contributed by atoms with Crippen LogP contribution >= 0.6 is 22.6 Å². The van der Waals surface area contributed by atoms with E-state index in [0.717, 1.165) is 15.6 Å². The van der Waals surface area contributed by atoms with Gasteiger partial charge in [0.2, 0.25) is 0 Å². The van der Waals surface area contributed by atoms with Gasteiger partial charge in [0.15, 0.2) is 0 Å². The molecule has 1 atom stereocenters. The number of rotatable bonds is 3. The average molecular weight is 371 g/mol. The van der Waals surface area contributed by atoms with Crippen molar-refractivity contribution < 1.29 is 33.6 Å². The molecule has 0 saturated carbocycles. The van der Waals surface area contributed by atoms with Crippen molar-refractivity contribution in [2.75, 3.05) is 25.2 Å². The summed E-state index contributed by atoms with van der Waals surface area (Å²) in [5, 5.41) is 9.00. The summed E-state index contributed by atoms with van der Waals surface area (Å²) in [6, 6.07) is 0. The molecule has 1 unspecified atom stereocenters. The van der Waals surface area contributed by atoms with Crippen LogP contribution in [0.2, 0.25) is 0 Å². The number of aliphatic hydroxyl groups is 1. The molecule has 0 aliphatic carbocycles. The van der Waals surface area contributed by atoms with E-state index in [4.69, 9.17) is 5.11 Å². The molecule has 0 rings (SSSR count). The van der Waals surface area contributed by atoms with Crippen molar-refractivity contribution in [3.63, 3.8) is 0 Å². The first kappa shape index (κ1) is 13.9. The first-order valence-electron chi connectivity index (χ1n) is 3.04. The van der Waals surface area contributed by atoms with Gasteiger partial charge in [0.25, 0.3) is 0 Å². The minimum Gasteiger partial charge on any atom is -1.00 e. The van der Waals surface area contributed by atoms with E-state index in [9.17, 15) is 0 Å². The van der Waals surface area contributed by atoms with Crippen LogP contribution in [-0.4, -0.2) is 40.9 Å². The largest absolute Gasteiger partial charge is 1.00 e. The second-order valence-corrected chi connectivity index (χ2v) is 3.77. The van der Waals surface area contributed by atoms with Crippen LogP contribution in [0.4, 0.5) is 0 Å². The molecule has 0 radical (unpaired) electrons. The minimum absolute atomic E-state index is 0. The monoisotopic (exact) mass is 371 g/mol. The number of nitrogens with zero attached hydrogens (tertiary/aromatic N) is 1. The van der Waals surface area contributed by atoms with E-state index in [2.05, 4.69) is 36.7 Å². The standard InChI is InChI=1S/C6H15INO.HI/c1-6(9)4-8(2,3)5-7;/h6,9H,4-5H2,1-3H3;1H/q+1;/p-1. The van der Waals surface area contributed by atoms with Crippen LogP contribution in [0.3, 0.4) is 0 Å². The molecule has 0 spiro atoms. The predicted octanol–water partition coefficient (Wildman–Crippen LogP) is -2.16. The van der Waals surface area contributed by atoms with Crippen molar-refractivity contribution in [3.8, 4) is 0 Å². The van der Waals surface area contributed by atoms with Crippen molar-refractivity contribution in [2.45, 2.75) is 13.0 Å². The highest BCUT2D eigenvalue weighted by atomic mass is 127. The van der Waals surface area contributed by atoms with E-state index in [1.807, 2.05) is 6.92 Å². The third-order valence-corrected chi connectivity index (χ3v) is 2.93. The molecule has 2 nitrogen and oxygen atoms in total. The fourth-order valence-electron chi connectivity index (χ4n) is 0.764. The van der Waals surface area contributed by atoms with Crippen molar-refractivity contribution >= 4 is 22.6 Å². The molecule has 0 amide bonds. The van der Waals surface area contributed by atoms with Crippen molar-refractivity contribution in [1.82, 2.24) is 0 Å². The van der Waals surface area contributed by atoms with Crippen LogP contribution in [0.15, 0.2) is 0 Å². The van der Waals surface area contributed by atoms with Gasteiger partial charge in [-0.25, -0.2) is 0 Å². The van der Waals surface area contributed by atoms with Gasteiger partial charge in [-0.2, -0.15) is 0 Å². The third-order valence-electron chi connectivity index (χ3n) is 1.08. The first-order valence-corrected chi connectivity index (χ1v) is 4.56. The summed E-state index contributed by atoms with van der Waals surface area (Å²) in [7, 11) is 4.22. The molecule has 0 heterocycles. The Bertz CT molecular complexity index is 85.8. The Balaban J connectivity index is 0. The Morgan fingerprint density at radius 3 is 2.00 bits per heavy atom. The van der Waals surface area contributed by atoms with Gasteiger partial charge in [-0.05, 0) is 29.5 Å². The molecule has 0 aromatic rings. The Kier molecular flexibility index (Phi) is 8.30. The highest BCUT2D eigenvalue weighted by Crippen LogP contribution is 2.02. The highest BCUT2D eigenvalue weighted by molar-refractivity contribution is 14.1. The van der Waals surface area contributed by atoms with Crippen LogP contribution < -0.4 is 24.0 Å². The van der Waals surface area contributed by atoms with Crippen molar-refractivity contribution in [3.05, 3.63) is 0 Å². The van der Waals surface area contributed by atoms with E-state index in [1.54, 1.807) is 0 Å². The lowest BCUT2D eigenvalue weighted by molar-refractivity contribution is -0.877.